The molecule has 0 aliphatic carbocycles. The number of anilines is 2. The van der Waals surface area contributed by atoms with Gasteiger partial charge in [-0.3, -0.25) is 0 Å². The lowest BCUT2D eigenvalue weighted by molar-refractivity contribution is 0.0668. The summed E-state index contributed by atoms with van der Waals surface area (Å²) in [6, 6.07) is 16.9. The number of nitrogens with zero attached hydrogens (tertiary/aromatic N) is 5. The van der Waals surface area contributed by atoms with Crippen LogP contribution in [0.1, 0.15) is 39.5 Å². The summed E-state index contributed by atoms with van der Waals surface area (Å²) in [4.78, 5) is 29.1. The van der Waals surface area contributed by atoms with Crippen LogP contribution in [0.15, 0.2) is 48.5 Å². The van der Waals surface area contributed by atoms with Crippen molar-refractivity contribution in [3.05, 3.63) is 48.5 Å². The molecule has 2 aliphatic rings. The molecule has 5 rings (SSSR count). The molecule has 35 heavy (non-hydrogen) atoms. The van der Waals surface area contributed by atoms with E-state index in [0.29, 0.717) is 26.2 Å². The van der Waals surface area contributed by atoms with Crippen LogP contribution in [0.4, 0.5) is 16.4 Å². The molecule has 2 aromatic heterocycles. The SMILES string of the molecule is CCC(C)OC(=O)N1CCN(c2nc3nc(N4CCCCC4)ccc3cc2-c2ccccc2)CC1. The minimum atomic E-state index is -0.221. The van der Waals surface area contributed by atoms with Gasteiger partial charge in [-0.25, -0.2) is 14.8 Å². The number of piperazine rings is 1. The van der Waals surface area contributed by atoms with Crippen molar-refractivity contribution >= 4 is 28.8 Å². The topological polar surface area (TPSA) is 61.8 Å². The van der Waals surface area contributed by atoms with Gasteiger partial charge in [-0.15, -0.1) is 0 Å². The number of carbonyl (C=O) groups is 1. The van der Waals surface area contributed by atoms with E-state index < -0.39 is 0 Å². The molecular weight excluding hydrogens is 438 g/mol. The summed E-state index contributed by atoms with van der Waals surface area (Å²) in [6.45, 7) is 8.72. The van der Waals surface area contributed by atoms with Crippen LogP contribution in [-0.4, -0.2) is 66.3 Å². The van der Waals surface area contributed by atoms with Crippen LogP contribution in [0.5, 0.6) is 0 Å². The fraction of sp³-hybridized carbons (Fsp3) is 0.464. The fourth-order valence-electron chi connectivity index (χ4n) is 4.83. The molecule has 1 aromatic carbocycles. The average molecular weight is 474 g/mol. The number of piperidine rings is 1. The zero-order valence-corrected chi connectivity index (χ0v) is 20.8. The summed E-state index contributed by atoms with van der Waals surface area (Å²) >= 11 is 0. The van der Waals surface area contributed by atoms with Gasteiger partial charge in [0.25, 0.3) is 0 Å². The van der Waals surface area contributed by atoms with Crippen molar-refractivity contribution < 1.29 is 9.53 Å². The lowest BCUT2D eigenvalue weighted by Gasteiger charge is -2.36. The molecule has 1 unspecified atom stereocenters. The first-order valence-electron chi connectivity index (χ1n) is 12.9. The molecular formula is C28H35N5O2. The third-order valence-corrected chi connectivity index (χ3v) is 7.12. The molecule has 4 heterocycles. The minimum Gasteiger partial charge on any atom is -0.446 e. The molecule has 1 amide bonds. The van der Waals surface area contributed by atoms with Crippen LogP contribution in [0.3, 0.4) is 0 Å². The molecule has 7 heteroatoms. The molecule has 0 spiro atoms. The van der Waals surface area contributed by atoms with Gasteiger partial charge in [0.15, 0.2) is 5.65 Å². The number of aromatic nitrogens is 2. The smallest absolute Gasteiger partial charge is 0.410 e. The molecule has 0 N–H and O–H groups in total. The highest BCUT2D eigenvalue weighted by atomic mass is 16.6. The van der Waals surface area contributed by atoms with Gasteiger partial charge in [0.2, 0.25) is 0 Å². The van der Waals surface area contributed by atoms with Crippen molar-refractivity contribution in [2.75, 3.05) is 49.1 Å². The molecule has 2 saturated heterocycles. The zero-order valence-electron chi connectivity index (χ0n) is 20.8. The van der Waals surface area contributed by atoms with Crippen molar-refractivity contribution in [1.82, 2.24) is 14.9 Å². The van der Waals surface area contributed by atoms with Crippen LogP contribution >= 0.6 is 0 Å². The van der Waals surface area contributed by atoms with Crippen LogP contribution < -0.4 is 9.80 Å². The molecule has 3 aromatic rings. The predicted octanol–water partition coefficient (Wildman–Crippen LogP) is 5.34. The third-order valence-electron chi connectivity index (χ3n) is 7.12. The van der Waals surface area contributed by atoms with E-state index >= 15 is 0 Å². The van der Waals surface area contributed by atoms with E-state index in [2.05, 4.69) is 52.3 Å². The van der Waals surface area contributed by atoms with Crippen LogP contribution in [-0.2, 0) is 4.74 Å². The van der Waals surface area contributed by atoms with Crippen molar-refractivity contribution in [3.8, 4) is 11.1 Å². The largest absolute Gasteiger partial charge is 0.446 e. The fourth-order valence-corrected chi connectivity index (χ4v) is 4.83. The molecule has 0 bridgehead atoms. The Bertz CT molecular complexity index is 1150. The first-order valence-corrected chi connectivity index (χ1v) is 12.9. The van der Waals surface area contributed by atoms with Crippen molar-refractivity contribution in [1.29, 1.82) is 0 Å². The maximum Gasteiger partial charge on any atom is 0.410 e. The number of hydrogen-bond acceptors (Lipinski definition) is 6. The Labute approximate surface area is 207 Å². The summed E-state index contributed by atoms with van der Waals surface area (Å²) in [5.41, 5.74) is 3.01. The van der Waals surface area contributed by atoms with Gasteiger partial charge in [0.1, 0.15) is 17.7 Å². The molecule has 1 atom stereocenters. The average Bonchev–Trinajstić information content (AvgIpc) is 2.93. The highest BCUT2D eigenvalue weighted by molar-refractivity contribution is 5.89. The number of benzene rings is 1. The van der Waals surface area contributed by atoms with E-state index in [0.717, 1.165) is 53.3 Å². The molecule has 184 valence electrons. The van der Waals surface area contributed by atoms with Gasteiger partial charge >= 0.3 is 6.09 Å². The molecule has 0 saturated carbocycles. The number of hydrogen-bond donors (Lipinski definition) is 0. The van der Waals surface area contributed by atoms with Crippen LogP contribution in [0.2, 0.25) is 0 Å². The van der Waals surface area contributed by atoms with E-state index in [1.54, 1.807) is 4.90 Å². The number of rotatable bonds is 5. The van der Waals surface area contributed by atoms with E-state index in [1.807, 2.05) is 19.9 Å². The Morgan fingerprint density at radius 1 is 0.914 bits per heavy atom. The second-order valence-corrected chi connectivity index (χ2v) is 9.57. The summed E-state index contributed by atoms with van der Waals surface area (Å²) in [5.74, 6) is 1.95. The Balaban J connectivity index is 1.44. The summed E-state index contributed by atoms with van der Waals surface area (Å²) in [7, 11) is 0. The van der Waals surface area contributed by atoms with Crippen LogP contribution in [0, 0.1) is 0 Å². The monoisotopic (exact) mass is 473 g/mol. The molecule has 2 aliphatic heterocycles. The Morgan fingerprint density at radius 2 is 1.66 bits per heavy atom. The third kappa shape index (κ3) is 5.19. The summed E-state index contributed by atoms with van der Waals surface area (Å²) in [5, 5.41) is 1.05. The van der Waals surface area contributed by atoms with Crippen molar-refractivity contribution in [2.24, 2.45) is 0 Å². The van der Waals surface area contributed by atoms with E-state index in [4.69, 9.17) is 14.7 Å². The summed E-state index contributed by atoms with van der Waals surface area (Å²) in [6.07, 6.45) is 4.27. The standard InChI is InChI=1S/C28H35N5O2/c1-3-21(2)35-28(34)33-18-16-32(17-19-33)27-24(22-10-6-4-7-11-22)20-23-12-13-25(29-26(23)30-27)31-14-8-5-9-15-31/h4,6-7,10-13,20-21H,3,5,8-9,14-19H2,1-2H3. The number of carbonyl (C=O) groups excluding carboxylic acids is 1. The Hall–Kier alpha value is -3.35. The van der Waals surface area contributed by atoms with Crippen molar-refractivity contribution in [2.45, 2.75) is 45.6 Å². The second kappa shape index (κ2) is 10.5. The number of pyridine rings is 2. The van der Waals surface area contributed by atoms with Gasteiger partial charge in [0, 0.05) is 50.2 Å². The van der Waals surface area contributed by atoms with Gasteiger partial charge in [-0.05, 0) is 56.4 Å². The van der Waals surface area contributed by atoms with E-state index in [-0.39, 0.29) is 12.2 Å². The highest BCUT2D eigenvalue weighted by Crippen LogP contribution is 2.33. The minimum absolute atomic E-state index is 0.0625. The van der Waals surface area contributed by atoms with Crippen molar-refractivity contribution in [3.63, 3.8) is 0 Å². The highest BCUT2D eigenvalue weighted by Gasteiger charge is 2.26. The molecule has 2 fully saturated rings. The first-order chi connectivity index (χ1) is 17.1. The zero-order chi connectivity index (χ0) is 24.2. The van der Waals surface area contributed by atoms with Gasteiger partial charge in [-0.1, -0.05) is 37.3 Å². The Kier molecular flexibility index (Phi) is 7.02. The molecule has 0 radical (unpaired) electrons. The van der Waals surface area contributed by atoms with E-state index in [1.165, 1.54) is 19.3 Å². The normalized spacial score (nSPS) is 17.5. The number of ether oxygens (including phenoxy) is 1. The lowest BCUT2D eigenvalue weighted by atomic mass is 10.0. The molecule has 7 nitrogen and oxygen atoms in total. The van der Waals surface area contributed by atoms with Crippen LogP contribution in [0.25, 0.3) is 22.2 Å². The Morgan fingerprint density at radius 3 is 2.37 bits per heavy atom. The van der Waals surface area contributed by atoms with Gasteiger partial charge in [-0.2, -0.15) is 0 Å². The van der Waals surface area contributed by atoms with Gasteiger partial charge < -0.3 is 19.4 Å². The van der Waals surface area contributed by atoms with E-state index in [9.17, 15) is 4.79 Å². The summed E-state index contributed by atoms with van der Waals surface area (Å²) < 4.78 is 5.54. The second-order valence-electron chi connectivity index (χ2n) is 9.57. The number of fused-ring (bicyclic) bond motifs is 1. The number of amides is 1. The maximum atomic E-state index is 12.5. The lowest BCUT2D eigenvalue weighted by Crippen LogP contribution is -2.49. The quantitative estimate of drug-likeness (QED) is 0.498. The van der Waals surface area contributed by atoms with Gasteiger partial charge in [0.05, 0.1) is 0 Å². The first kappa shape index (κ1) is 23.4. The predicted molar refractivity (Wildman–Crippen MR) is 141 cm³/mol. The maximum absolute atomic E-state index is 12.5.